The predicted octanol–water partition coefficient (Wildman–Crippen LogP) is 11.2. The minimum absolute atomic E-state index is 0.0994. The Bertz CT molecular complexity index is 1030. The van der Waals surface area contributed by atoms with Gasteiger partial charge in [0.25, 0.3) is 0 Å². The molecule has 0 amide bonds. The Morgan fingerprint density at radius 3 is 1.92 bits per heavy atom. The zero-order valence-electron chi connectivity index (χ0n) is 28.4. The van der Waals surface area contributed by atoms with E-state index in [9.17, 15) is 0 Å². The standard InChI is InChI=1S/C21H30N4S.C9H20.2C2H6/c1-12-9-19-17(10-18(12)21(6,7)8)20(25-24-19)22-11-13(2)23-15(4)14(3)16(5)26;1-5-8(4)9(6-2)7-3;2*1-2/h9-10H,11H2,1-8H3,(H2,22,24,25);8-9H,5-7H2,1-4H3;2*1-2H3/b15-14+,23-13?;;;. The minimum atomic E-state index is 0.0994. The summed E-state index contributed by atoms with van der Waals surface area (Å²) >= 11 is 5.23. The Hall–Kier alpha value is -2.01. The van der Waals surface area contributed by atoms with Crippen LogP contribution in [-0.2, 0) is 5.41 Å². The molecule has 1 atom stereocenters. The van der Waals surface area contributed by atoms with Gasteiger partial charge in [0.2, 0.25) is 0 Å². The van der Waals surface area contributed by atoms with Crippen molar-refractivity contribution in [3.8, 4) is 0 Å². The molecule has 0 spiro atoms. The van der Waals surface area contributed by atoms with E-state index >= 15 is 0 Å². The molecule has 4 nitrogen and oxygen atoms in total. The van der Waals surface area contributed by atoms with Crippen molar-refractivity contribution in [1.29, 1.82) is 0 Å². The Kier molecular flexibility index (Phi) is 20.0. The van der Waals surface area contributed by atoms with Crippen LogP contribution >= 0.6 is 12.2 Å². The molecule has 2 aromatic rings. The number of aromatic nitrogens is 2. The molecule has 1 unspecified atom stereocenters. The maximum absolute atomic E-state index is 5.23. The largest absolute Gasteiger partial charge is 0.363 e. The van der Waals surface area contributed by atoms with Crippen LogP contribution in [0.3, 0.4) is 0 Å². The molecule has 0 fully saturated rings. The van der Waals surface area contributed by atoms with Gasteiger partial charge in [0.05, 0.1) is 12.1 Å². The third-order valence-corrected chi connectivity index (χ3v) is 7.46. The van der Waals surface area contributed by atoms with E-state index in [-0.39, 0.29) is 5.41 Å². The number of hydrogen-bond donors (Lipinski definition) is 2. The van der Waals surface area contributed by atoms with E-state index in [1.54, 1.807) is 0 Å². The average Bonchev–Trinajstić information content (AvgIpc) is 3.30. The number of H-pyrrole nitrogens is 1. The highest BCUT2D eigenvalue weighted by atomic mass is 32.1. The van der Waals surface area contributed by atoms with Gasteiger partial charge in [-0.2, -0.15) is 5.10 Å². The number of benzene rings is 1. The molecule has 1 aromatic heterocycles. The molecule has 0 radical (unpaired) electrons. The van der Waals surface area contributed by atoms with Crippen molar-refractivity contribution in [3.05, 3.63) is 34.5 Å². The summed E-state index contributed by atoms with van der Waals surface area (Å²) in [6.07, 6.45) is 4.04. The third kappa shape index (κ3) is 13.3. The first-order valence-corrected chi connectivity index (χ1v) is 15.6. The van der Waals surface area contributed by atoms with Crippen molar-refractivity contribution in [2.24, 2.45) is 16.8 Å². The van der Waals surface area contributed by atoms with E-state index in [0.717, 1.165) is 50.4 Å². The van der Waals surface area contributed by atoms with Crippen LogP contribution in [0.4, 0.5) is 5.82 Å². The molecule has 2 rings (SSSR count). The first kappa shape index (κ1) is 39.1. The maximum Gasteiger partial charge on any atom is 0.156 e. The molecular weight excluding hydrogens is 496 g/mol. The normalized spacial score (nSPS) is 12.8. The number of thiocarbonyl (C=S) groups is 1. The van der Waals surface area contributed by atoms with E-state index < -0.39 is 0 Å². The van der Waals surface area contributed by atoms with E-state index in [1.807, 2.05) is 55.4 Å². The number of nitrogens with zero attached hydrogens (tertiary/aromatic N) is 2. The van der Waals surface area contributed by atoms with E-state index in [0.29, 0.717) is 6.54 Å². The average molecular weight is 559 g/mol. The van der Waals surface area contributed by atoms with Crippen LogP contribution in [0.25, 0.3) is 10.9 Å². The molecule has 0 aliphatic carbocycles. The Labute approximate surface area is 247 Å². The second-order valence-electron chi connectivity index (χ2n) is 11.0. The van der Waals surface area contributed by atoms with Crippen LogP contribution in [0.15, 0.2) is 28.4 Å². The molecule has 0 bridgehead atoms. The zero-order chi connectivity index (χ0) is 30.9. The van der Waals surface area contributed by atoms with Crippen LogP contribution in [-0.4, -0.2) is 27.3 Å². The smallest absolute Gasteiger partial charge is 0.156 e. The number of aromatic amines is 1. The summed E-state index contributed by atoms with van der Waals surface area (Å²) in [6.45, 7) is 34.7. The minimum Gasteiger partial charge on any atom is -0.363 e. The van der Waals surface area contributed by atoms with Crippen LogP contribution < -0.4 is 5.32 Å². The Balaban J connectivity index is 0. The highest BCUT2D eigenvalue weighted by Crippen LogP contribution is 2.31. The van der Waals surface area contributed by atoms with Gasteiger partial charge in [-0.05, 0) is 80.7 Å². The molecule has 0 aliphatic heterocycles. The lowest BCUT2D eigenvalue weighted by molar-refractivity contribution is 0.328. The third-order valence-electron chi connectivity index (χ3n) is 7.15. The topological polar surface area (TPSA) is 53.1 Å². The van der Waals surface area contributed by atoms with Gasteiger partial charge in [0.15, 0.2) is 5.82 Å². The summed E-state index contributed by atoms with van der Waals surface area (Å²) in [7, 11) is 0. The number of rotatable bonds is 9. The number of anilines is 1. The van der Waals surface area contributed by atoms with Crippen LogP contribution in [0.5, 0.6) is 0 Å². The van der Waals surface area contributed by atoms with Gasteiger partial charge in [0.1, 0.15) is 0 Å². The fraction of sp³-hybridized carbons (Fsp3) is 0.676. The van der Waals surface area contributed by atoms with E-state index in [1.165, 1.54) is 30.4 Å². The summed E-state index contributed by atoms with van der Waals surface area (Å²) < 4.78 is 0. The number of aryl methyl sites for hydroxylation is 1. The molecular formula is C34H62N4S. The highest BCUT2D eigenvalue weighted by Gasteiger charge is 2.18. The maximum atomic E-state index is 5.23. The Morgan fingerprint density at radius 2 is 1.51 bits per heavy atom. The van der Waals surface area contributed by atoms with Crippen molar-refractivity contribution in [1.82, 2.24) is 10.2 Å². The lowest BCUT2D eigenvalue weighted by Gasteiger charge is -2.21. The van der Waals surface area contributed by atoms with Crippen LogP contribution in [0, 0.1) is 18.8 Å². The second kappa shape index (κ2) is 20.0. The first-order chi connectivity index (χ1) is 18.3. The molecule has 39 heavy (non-hydrogen) atoms. The summed E-state index contributed by atoms with van der Waals surface area (Å²) in [5.74, 6) is 2.76. The van der Waals surface area contributed by atoms with Crippen molar-refractivity contribution in [2.45, 2.75) is 135 Å². The van der Waals surface area contributed by atoms with Crippen LogP contribution in [0.1, 0.15) is 134 Å². The van der Waals surface area contributed by atoms with Gasteiger partial charge in [0, 0.05) is 21.7 Å². The van der Waals surface area contributed by atoms with Crippen molar-refractivity contribution in [3.63, 3.8) is 0 Å². The first-order valence-electron chi connectivity index (χ1n) is 15.2. The molecule has 0 saturated heterocycles. The van der Waals surface area contributed by atoms with Gasteiger partial charge in [-0.25, -0.2) is 0 Å². The van der Waals surface area contributed by atoms with E-state index in [2.05, 4.69) is 88.0 Å². The predicted molar refractivity (Wildman–Crippen MR) is 184 cm³/mol. The molecule has 5 heteroatoms. The quantitative estimate of drug-likeness (QED) is 0.183. The molecule has 0 aliphatic rings. The van der Waals surface area contributed by atoms with Gasteiger partial charge < -0.3 is 5.32 Å². The summed E-state index contributed by atoms with van der Waals surface area (Å²) in [6, 6.07) is 4.42. The van der Waals surface area contributed by atoms with Crippen molar-refractivity contribution < 1.29 is 0 Å². The van der Waals surface area contributed by atoms with Crippen LogP contribution in [0.2, 0.25) is 0 Å². The lowest BCUT2D eigenvalue weighted by atomic mass is 9.83. The summed E-state index contributed by atoms with van der Waals surface area (Å²) in [5, 5.41) is 12.1. The van der Waals surface area contributed by atoms with Crippen molar-refractivity contribution >= 4 is 39.5 Å². The number of nitrogens with one attached hydrogen (secondary N) is 2. The number of allylic oxidation sites excluding steroid dienone is 2. The summed E-state index contributed by atoms with van der Waals surface area (Å²) in [5.41, 5.74) is 6.80. The lowest BCUT2D eigenvalue weighted by Crippen LogP contribution is -2.13. The fourth-order valence-corrected chi connectivity index (χ4v) is 4.57. The number of hydrogen-bond acceptors (Lipinski definition) is 4. The molecule has 1 heterocycles. The monoisotopic (exact) mass is 558 g/mol. The molecule has 2 N–H and O–H groups in total. The zero-order valence-corrected chi connectivity index (χ0v) is 29.3. The highest BCUT2D eigenvalue weighted by molar-refractivity contribution is 7.80. The molecule has 224 valence electrons. The van der Waals surface area contributed by atoms with Crippen molar-refractivity contribution in [2.75, 3.05) is 11.9 Å². The SMILES string of the molecule is CC.CC.CC(=S)/C(C)=C(\C)N=C(C)CNc1n[nH]c2cc(C)c(C(C)(C)C)cc12.CCC(C)C(CC)CC. The van der Waals surface area contributed by atoms with E-state index in [4.69, 9.17) is 12.2 Å². The second-order valence-corrected chi connectivity index (χ2v) is 11.6. The Morgan fingerprint density at radius 1 is 0.974 bits per heavy atom. The molecule has 0 saturated carbocycles. The number of fused-ring (bicyclic) bond motifs is 1. The number of aliphatic imine (C=N–C) groups is 1. The summed E-state index contributed by atoms with van der Waals surface area (Å²) in [4.78, 5) is 5.54. The molecule has 1 aromatic carbocycles. The van der Waals surface area contributed by atoms with Gasteiger partial charge in [-0.3, -0.25) is 10.1 Å². The van der Waals surface area contributed by atoms with Gasteiger partial charge >= 0.3 is 0 Å². The van der Waals surface area contributed by atoms with Gasteiger partial charge in [-0.15, -0.1) is 0 Å². The van der Waals surface area contributed by atoms with Gasteiger partial charge in [-0.1, -0.05) is 108 Å². The fourth-order valence-electron chi connectivity index (χ4n) is 4.42.